The molecule has 0 spiro atoms. The zero-order valence-corrected chi connectivity index (χ0v) is 8.31. The fourth-order valence-corrected chi connectivity index (χ4v) is 1.20. The molecule has 5 heteroatoms. The van der Waals surface area contributed by atoms with Crippen molar-refractivity contribution in [3.63, 3.8) is 0 Å². The number of amides is 1. The summed E-state index contributed by atoms with van der Waals surface area (Å²) in [5, 5.41) is 6.13. The lowest BCUT2D eigenvalue weighted by atomic mass is 10.2. The highest BCUT2D eigenvalue weighted by atomic mass is 19.1. The van der Waals surface area contributed by atoms with Gasteiger partial charge in [0.25, 0.3) is 5.91 Å². The Labute approximate surface area is 91.1 Å². The van der Waals surface area contributed by atoms with E-state index in [1.807, 2.05) is 0 Å². The average molecular weight is 220 g/mol. The van der Waals surface area contributed by atoms with Crippen LogP contribution in [0, 0.1) is 5.82 Å². The Morgan fingerprint density at radius 3 is 2.69 bits per heavy atom. The summed E-state index contributed by atoms with van der Waals surface area (Å²) in [5.74, 6) is -0.0846. The van der Waals surface area contributed by atoms with E-state index in [4.69, 9.17) is 4.52 Å². The number of carbonyl (C=O) groups excluding carboxylic acids is 1. The summed E-state index contributed by atoms with van der Waals surface area (Å²) in [5.41, 5.74) is 0.404. The van der Waals surface area contributed by atoms with Gasteiger partial charge in [-0.3, -0.25) is 4.79 Å². The molecule has 16 heavy (non-hydrogen) atoms. The minimum atomic E-state index is -0.369. The Bertz CT molecular complexity index is 465. The standard InChI is InChI=1S/C11H9FN2O2/c12-9-3-1-8(2-4-9)11(15)13-7-10-5-6-14-16-10/h1-6H,7H2,(H,13,15). The average Bonchev–Trinajstić information content (AvgIpc) is 2.80. The summed E-state index contributed by atoms with van der Waals surface area (Å²) in [7, 11) is 0. The summed E-state index contributed by atoms with van der Waals surface area (Å²) in [6, 6.07) is 6.98. The van der Waals surface area contributed by atoms with E-state index in [0.717, 1.165) is 0 Å². The number of hydrogen-bond acceptors (Lipinski definition) is 3. The normalized spacial score (nSPS) is 10.1. The van der Waals surface area contributed by atoms with Crippen LogP contribution in [-0.4, -0.2) is 11.1 Å². The monoisotopic (exact) mass is 220 g/mol. The van der Waals surface area contributed by atoms with E-state index in [1.54, 1.807) is 6.07 Å². The molecular formula is C11H9FN2O2. The molecule has 0 radical (unpaired) electrons. The number of benzene rings is 1. The Morgan fingerprint density at radius 1 is 1.31 bits per heavy atom. The predicted octanol–water partition coefficient (Wildman–Crippen LogP) is 1.74. The number of halogens is 1. The highest BCUT2D eigenvalue weighted by Gasteiger charge is 2.06. The lowest BCUT2D eigenvalue weighted by Gasteiger charge is -2.02. The molecule has 1 heterocycles. The maximum absolute atomic E-state index is 12.6. The third kappa shape index (κ3) is 2.44. The zero-order valence-electron chi connectivity index (χ0n) is 8.31. The summed E-state index contributed by atoms with van der Waals surface area (Å²) in [4.78, 5) is 11.6. The molecule has 1 amide bonds. The quantitative estimate of drug-likeness (QED) is 0.857. The first kappa shape index (κ1) is 10.4. The summed E-state index contributed by atoms with van der Waals surface area (Å²) >= 11 is 0. The number of hydrogen-bond donors (Lipinski definition) is 1. The van der Waals surface area contributed by atoms with Gasteiger partial charge in [0.1, 0.15) is 5.82 Å². The maximum Gasteiger partial charge on any atom is 0.251 e. The molecule has 0 aliphatic carbocycles. The summed E-state index contributed by atoms with van der Waals surface area (Å²) in [6.45, 7) is 0.260. The molecule has 0 unspecified atom stereocenters. The van der Waals surface area contributed by atoms with Gasteiger partial charge >= 0.3 is 0 Å². The van der Waals surface area contributed by atoms with Crippen molar-refractivity contribution in [2.24, 2.45) is 0 Å². The van der Waals surface area contributed by atoms with E-state index in [0.29, 0.717) is 11.3 Å². The molecule has 0 saturated carbocycles. The lowest BCUT2D eigenvalue weighted by molar-refractivity contribution is 0.0947. The van der Waals surface area contributed by atoms with Gasteiger partial charge < -0.3 is 9.84 Å². The van der Waals surface area contributed by atoms with Crippen molar-refractivity contribution in [3.05, 3.63) is 53.7 Å². The molecule has 1 aromatic heterocycles. The maximum atomic E-state index is 12.6. The van der Waals surface area contributed by atoms with Crippen LogP contribution in [0.3, 0.4) is 0 Å². The van der Waals surface area contributed by atoms with Crippen molar-refractivity contribution in [1.82, 2.24) is 10.5 Å². The van der Waals surface area contributed by atoms with Crippen LogP contribution in [-0.2, 0) is 6.54 Å². The van der Waals surface area contributed by atoms with Crippen molar-refractivity contribution in [1.29, 1.82) is 0 Å². The first-order valence-electron chi connectivity index (χ1n) is 4.69. The highest BCUT2D eigenvalue weighted by molar-refractivity contribution is 5.94. The molecule has 2 aromatic rings. The van der Waals surface area contributed by atoms with Crippen LogP contribution >= 0.6 is 0 Å². The molecule has 0 atom stereocenters. The smallest absolute Gasteiger partial charge is 0.251 e. The summed E-state index contributed by atoms with van der Waals surface area (Å²) < 4.78 is 17.4. The fourth-order valence-electron chi connectivity index (χ4n) is 1.20. The Balaban J connectivity index is 1.95. The van der Waals surface area contributed by atoms with Gasteiger partial charge in [0, 0.05) is 11.6 Å². The van der Waals surface area contributed by atoms with Crippen molar-refractivity contribution in [3.8, 4) is 0 Å². The van der Waals surface area contributed by atoms with Gasteiger partial charge in [-0.2, -0.15) is 0 Å². The van der Waals surface area contributed by atoms with Gasteiger partial charge in [0.15, 0.2) is 5.76 Å². The predicted molar refractivity (Wildman–Crippen MR) is 54.1 cm³/mol. The van der Waals surface area contributed by atoms with Crippen LogP contribution in [0.2, 0.25) is 0 Å². The first-order valence-corrected chi connectivity index (χ1v) is 4.69. The van der Waals surface area contributed by atoms with Crippen LogP contribution in [0.15, 0.2) is 41.1 Å². The number of nitrogens with zero attached hydrogens (tertiary/aromatic N) is 1. The minimum Gasteiger partial charge on any atom is -0.360 e. The van der Waals surface area contributed by atoms with Crippen molar-refractivity contribution < 1.29 is 13.7 Å². The number of nitrogens with one attached hydrogen (secondary N) is 1. The third-order valence-corrected chi connectivity index (χ3v) is 2.02. The van der Waals surface area contributed by atoms with Crippen LogP contribution < -0.4 is 5.32 Å². The molecule has 0 fully saturated rings. The van der Waals surface area contributed by atoms with Gasteiger partial charge in [-0.05, 0) is 24.3 Å². The second-order valence-electron chi connectivity index (χ2n) is 3.17. The molecular weight excluding hydrogens is 211 g/mol. The van der Waals surface area contributed by atoms with Gasteiger partial charge in [-0.25, -0.2) is 4.39 Å². The highest BCUT2D eigenvalue weighted by Crippen LogP contribution is 2.03. The number of carbonyl (C=O) groups is 1. The number of rotatable bonds is 3. The first-order chi connectivity index (χ1) is 7.75. The minimum absolute atomic E-state index is 0.260. The van der Waals surface area contributed by atoms with E-state index in [1.165, 1.54) is 30.5 Å². The van der Waals surface area contributed by atoms with Crippen molar-refractivity contribution in [2.75, 3.05) is 0 Å². The molecule has 2 rings (SSSR count). The molecule has 0 saturated heterocycles. The topological polar surface area (TPSA) is 55.1 Å². The lowest BCUT2D eigenvalue weighted by Crippen LogP contribution is -2.22. The van der Waals surface area contributed by atoms with Crippen LogP contribution in [0.4, 0.5) is 4.39 Å². The molecule has 1 N–H and O–H groups in total. The van der Waals surface area contributed by atoms with Crippen LogP contribution in [0.1, 0.15) is 16.1 Å². The van der Waals surface area contributed by atoms with Gasteiger partial charge in [-0.1, -0.05) is 5.16 Å². The van der Waals surface area contributed by atoms with E-state index >= 15 is 0 Å². The van der Waals surface area contributed by atoms with Crippen LogP contribution in [0.5, 0.6) is 0 Å². The fraction of sp³-hybridized carbons (Fsp3) is 0.0909. The zero-order chi connectivity index (χ0) is 11.4. The van der Waals surface area contributed by atoms with Gasteiger partial charge in [0.05, 0.1) is 12.7 Å². The van der Waals surface area contributed by atoms with E-state index in [2.05, 4.69) is 10.5 Å². The Kier molecular flexibility index (Phi) is 2.95. The van der Waals surface area contributed by atoms with Gasteiger partial charge in [-0.15, -0.1) is 0 Å². The molecule has 0 aliphatic heterocycles. The Hall–Kier alpha value is -2.17. The van der Waals surface area contributed by atoms with E-state index < -0.39 is 0 Å². The Morgan fingerprint density at radius 2 is 2.06 bits per heavy atom. The second-order valence-corrected chi connectivity index (χ2v) is 3.17. The number of aromatic nitrogens is 1. The van der Waals surface area contributed by atoms with Crippen molar-refractivity contribution >= 4 is 5.91 Å². The summed E-state index contributed by atoms with van der Waals surface area (Å²) in [6.07, 6.45) is 1.50. The van der Waals surface area contributed by atoms with E-state index in [9.17, 15) is 9.18 Å². The molecule has 1 aromatic carbocycles. The van der Waals surface area contributed by atoms with Crippen LogP contribution in [0.25, 0.3) is 0 Å². The second kappa shape index (κ2) is 4.57. The largest absolute Gasteiger partial charge is 0.360 e. The molecule has 4 nitrogen and oxygen atoms in total. The third-order valence-electron chi connectivity index (χ3n) is 2.02. The molecule has 0 aliphatic rings. The van der Waals surface area contributed by atoms with E-state index in [-0.39, 0.29) is 18.3 Å². The SMILES string of the molecule is O=C(NCc1ccno1)c1ccc(F)cc1. The van der Waals surface area contributed by atoms with Crippen molar-refractivity contribution in [2.45, 2.75) is 6.54 Å². The van der Waals surface area contributed by atoms with Gasteiger partial charge in [0.2, 0.25) is 0 Å². The molecule has 0 bridgehead atoms. The molecule has 82 valence electrons.